The Bertz CT molecular complexity index is 403. The van der Waals surface area contributed by atoms with Crippen molar-refractivity contribution in [3.05, 3.63) is 21.8 Å². The monoisotopic (exact) mass is 231 g/mol. The van der Waals surface area contributed by atoms with E-state index >= 15 is 0 Å². The van der Waals surface area contributed by atoms with Crippen molar-refractivity contribution in [1.82, 2.24) is 9.55 Å². The van der Waals surface area contributed by atoms with Gasteiger partial charge in [-0.2, -0.15) is 0 Å². The lowest BCUT2D eigenvalue weighted by atomic mass is 10.1. The van der Waals surface area contributed by atoms with Gasteiger partial charge in [0.05, 0.1) is 19.0 Å². The molecule has 0 amide bonds. The van der Waals surface area contributed by atoms with E-state index in [1.165, 1.54) is 10.9 Å². The maximum absolute atomic E-state index is 11.6. The zero-order chi connectivity index (χ0) is 11.6. The van der Waals surface area contributed by atoms with Crippen LogP contribution in [-0.4, -0.2) is 20.8 Å². The molecule has 1 atom stereocenters. The Kier molecular flexibility index (Phi) is 3.71. The number of anilines is 1. The van der Waals surface area contributed by atoms with Gasteiger partial charge in [-0.1, -0.05) is 25.4 Å². The molecule has 0 aliphatic heterocycles. The Hall–Kier alpha value is -1.07. The Labute approximate surface area is 92.5 Å². The van der Waals surface area contributed by atoms with Crippen LogP contribution in [0.1, 0.15) is 13.8 Å². The number of nitrogens with zero attached hydrogens (tertiary/aromatic N) is 2. The van der Waals surface area contributed by atoms with Crippen molar-refractivity contribution in [2.45, 2.75) is 26.5 Å². The van der Waals surface area contributed by atoms with Crippen molar-refractivity contribution in [2.24, 2.45) is 5.92 Å². The van der Waals surface area contributed by atoms with Crippen molar-refractivity contribution in [2.75, 3.05) is 5.73 Å². The van der Waals surface area contributed by atoms with Gasteiger partial charge < -0.3 is 10.8 Å². The second-order valence-corrected chi connectivity index (χ2v) is 4.08. The second kappa shape index (κ2) is 4.63. The maximum Gasteiger partial charge on any atom is 0.278 e. The van der Waals surface area contributed by atoms with Gasteiger partial charge in [0.2, 0.25) is 0 Å². The van der Waals surface area contributed by atoms with Crippen LogP contribution in [0, 0.1) is 5.92 Å². The third-order valence-electron chi connectivity index (χ3n) is 2.18. The van der Waals surface area contributed by atoms with Crippen molar-refractivity contribution < 1.29 is 5.11 Å². The summed E-state index contributed by atoms with van der Waals surface area (Å²) in [5, 5.41) is 9.60. The molecule has 5 nitrogen and oxygen atoms in total. The summed E-state index contributed by atoms with van der Waals surface area (Å²) < 4.78 is 1.26. The molecule has 0 spiro atoms. The van der Waals surface area contributed by atoms with Gasteiger partial charge in [0.15, 0.2) is 5.15 Å². The molecule has 0 aliphatic rings. The number of hydrogen-bond donors (Lipinski definition) is 2. The molecule has 1 aromatic heterocycles. The summed E-state index contributed by atoms with van der Waals surface area (Å²) in [5.74, 6) is 0.0637. The number of aliphatic hydroxyl groups is 1. The third kappa shape index (κ3) is 2.70. The van der Waals surface area contributed by atoms with E-state index in [1.54, 1.807) is 0 Å². The summed E-state index contributed by atoms with van der Waals surface area (Å²) in [4.78, 5) is 15.3. The highest BCUT2D eigenvalue weighted by Crippen LogP contribution is 2.09. The molecule has 0 saturated heterocycles. The number of aliphatic hydroxyl groups excluding tert-OH is 1. The normalized spacial score (nSPS) is 13.1. The smallest absolute Gasteiger partial charge is 0.278 e. The van der Waals surface area contributed by atoms with Crippen LogP contribution >= 0.6 is 11.6 Å². The minimum Gasteiger partial charge on any atom is -0.392 e. The molecule has 0 radical (unpaired) electrons. The first-order valence-electron chi connectivity index (χ1n) is 4.62. The fourth-order valence-corrected chi connectivity index (χ4v) is 1.15. The van der Waals surface area contributed by atoms with Crippen molar-refractivity contribution in [3.63, 3.8) is 0 Å². The molecule has 1 rings (SSSR count). The summed E-state index contributed by atoms with van der Waals surface area (Å²) in [5.41, 5.74) is 4.92. The summed E-state index contributed by atoms with van der Waals surface area (Å²) in [6.45, 7) is 3.90. The Morgan fingerprint density at radius 1 is 1.67 bits per heavy atom. The van der Waals surface area contributed by atoms with Crippen LogP contribution < -0.4 is 11.3 Å². The zero-order valence-corrected chi connectivity index (χ0v) is 9.40. The number of rotatable bonds is 3. The van der Waals surface area contributed by atoms with E-state index in [4.69, 9.17) is 17.3 Å². The fourth-order valence-electron chi connectivity index (χ4n) is 1.03. The van der Waals surface area contributed by atoms with Crippen molar-refractivity contribution >= 4 is 17.3 Å². The van der Waals surface area contributed by atoms with Gasteiger partial charge in [-0.05, 0) is 5.92 Å². The van der Waals surface area contributed by atoms with Crippen molar-refractivity contribution in [3.8, 4) is 0 Å². The van der Waals surface area contributed by atoms with E-state index < -0.39 is 11.7 Å². The van der Waals surface area contributed by atoms with E-state index in [2.05, 4.69) is 4.98 Å². The summed E-state index contributed by atoms with van der Waals surface area (Å²) in [7, 11) is 0. The van der Waals surface area contributed by atoms with E-state index in [1.807, 2.05) is 13.8 Å². The van der Waals surface area contributed by atoms with E-state index in [9.17, 15) is 9.90 Å². The molecule has 0 fully saturated rings. The Morgan fingerprint density at radius 3 is 2.80 bits per heavy atom. The van der Waals surface area contributed by atoms with Gasteiger partial charge in [-0.25, -0.2) is 4.98 Å². The topological polar surface area (TPSA) is 81.1 Å². The minimum absolute atomic E-state index is 0.00436. The molecule has 0 aliphatic carbocycles. The van der Waals surface area contributed by atoms with Crippen LogP contribution in [0.2, 0.25) is 5.15 Å². The van der Waals surface area contributed by atoms with E-state index in [0.717, 1.165) is 0 Å². The number of nitrogen functional groups attached to an aromatic ring is 1. The summed E-state index contributed by atoms with van der Waals surface area (Å²) in [6.07, 6.45) is 0.678. The van der Waals surface area contributed by atoms with Gasteiger partial charge in [0.1, 0.15) is 5.69 Å². The molecule has 6 heteroatoms. The van der Waals surface area contributed by atoms with Crippen LogP contribution in [0.5, 0.6) is 0 Å². The van der Waals surface area contributed by atoms with Gasteiger partial charge >= 0.3 is 0 Å². The highest BCUT2D eigenvalue weighted by Gasteiger charge is 2.13. The lowest BCUT2D eigenvalue weighted by Gasteiger charge is -2.15. The average Bonchev–Trinajstić information content (AvgIpc) is 2.18. The van der Waals surface area contributed by atoms with Crippen LogP contribution in [0.25, 0.3) is 0 Å². The van der Waals surface area contributed by atoms with Crippen LogP contribution in [-0.2, 0) is 6.54 Å². The first-order chi connectivity index (χ1) is 6.93. The van der Waals surface area contributed by atoms with Crippen molar-refractivity contribution in [1.29, 1.82) is 0 Å². The molecule has 3 N–H and O–H groups in total. The number of aromatic nitrogens is 2. The first-order valence-corrected chi connectivity index (χ1v) is 4.99. The highest BCUT2D eigenvalue weighted by molar-refractivity contribution is 6.31. The average molecular weight is 232 g/mol. The largest absolute Gasteiger partial charge is 0.392 e. The predicted molar refractivity (Wildman–Crippen MR) is 58.8 cm³/mol. The number of hydrogen-bond acceptors (Lipinski definition) is 4. The van der Waals surface area contributed by atoms with Gasteiger partial charge in [-0.15, -0.1) is 0 Å². The molecule has 1 aromatic rings. The molecular weight excluding hydrogens is 218 g/mol. The Balaban J connectivity index is 2.97. The number of nitrogens with two attached hydrogens (primary N) is 1. The minimum atomic E-state index is -0.606. The summed E-state index contributed by atoms with van der Waals surface area (Å²) >= 11 is 5.57. The van der Waals surface area contributed by atoms with E-state index in [-0.39, 0.29) is 23.3 Å². The van der Waals surface area contributed by atoms with E-state index in [0.29, 0.717) is 0 Å². The molecular formula is C9H14ClN3O2. The molecule has 84 valence electrons. The van der Waals surface area contributed by atoms with Gasteiger partial charge in [0.25, 0.3) is 5.56 Å². The first kappa shape index (κ1) is 12.0. The molecule has 0 bridgehead atoms. The summed E-state index contributed by atoms with van der Waals surface area (Å²) in [6, 6.07) is 0. The predicted octanol–water partition coefficient (Wildman–Crippen LogP) is 0.496. The Morgan fingerprint density at radius 2 is 2.27 bits per heavy atom. The standard InChI is InChI=1S/C9H14ClN3O2/c1-5(2)6(14)3-13-4-12-8(10)7(11)9(13)15/h4-6,14H,3,11H2,1-2H3. The van der Waals surface area contributed by atoms with Crippen LogP contribution in [0.4, 0.5) is 5.69 Å². The fraction of sp³-hybridized carbons (Fsp3) is 0.556. The molecule has 0 aromatic carbocycles. The number of halogens is 1. The quantitative estimate of drug-likeness (QED) is 0.743. The van der Waals surface area contributed by atoms with Gasteiger partial charge in [0, 0.05) is 0 Å². The van der Waals surface area contributed by atoms with Gasteiger partial charge in [-0.3, -0.25) is 9.36 Å². The molecule has 1 unspecified atom stereocenters. The molecule has 1 heterocycles. The van der Waals surface area contributed by atoms with Crippen LogP contribution in [0.3, 0.4) is 0 Å². The zero-order valence-electron chi connectivity index (χ0n) is 8.64. The third-order valence-corrected chi connectivity index (χ3v) is 2.48. The second-order valence-electron chi connectivity index (χ2n) is 3.72. The SMILES string of the molecule is CC(C)C(O)Cn1cnc(Cl)c(N)c1=O. The lowest BCUT2D eigenvalue weighted by molar-refractivity contribution is 0.105. The van der Waals surface area contributed by atoms with Crippen LogP contribution in [0.15, 0.2) is 11.1 Å². The maximum atomic E-state index is 11.6. The molecule has 15 heavy (non-hydrogen) atoms. The molecule has 0 saturated carbocycles. The lowest BCUT2D eigenvalue weighted by Crippen LogP contribution is -2.31. The highest BCUT2D eigenvalue weighted by atomic mass is 35.5.